The van der Waals surface area contributed by atoms with E-state index in [1.807, 2.05) is 0 Å². The molecule has 0 radical (unpaired) electrons. The van der Waals surface area contributed by atoms with E-state index in [9.17, 15) is 18.8 Å². The van der Waals surface area contributed by atoms with Crippen LogP contribution in [0.25, 0.3) is 10.9 Å². The van der Waals surface area contributed by atoms with Crippen molar-refractivity contribution in [1.29, 1.82) is 0 Å². The molecule has 3 rings (SSSR count). The number of hydrogen-bond acceptors (Lipinski definition) is 4. The molecule has 1 aromatic heterocycles. The number of ether oxygens (including phenoxy) is 1. The summed E-state index contributed by atoms with van der Waals surface area (Å²) >= 11 is 0. The van der Waals surface area contributed by atoms with Gasteiger partial charge in [-0.25, -0.2) is 9.18 Å². The number of amides is 1. The minimum Gasteiger partial charge on any atom is -0.465 e. The number of anilines is 1. The van der Waals surface area contributed by atoms with Gasteiger partial charge in [-0.2, -0.15) is 0 Å². The maximum Gasteiger partial charge on any atom is 0.337 e. The highest BCUT2D eigenvalue weighted by atomic mass is 19.1. The van der Waals surface area contributed by atoms with Crippen LogP contribution in [0.15, 0.2) is 48.7 Å². The minimum atomic E-state index is -0.504. The predicted octanol–water partition coefficient (Wildman–Crippen LogP) is 3.48. The lowest BCUT2D eigenvalue weighted by Crippen LogP contribution is -2.12. The van der Waals surface area contributed by atoms with E-state index >= 15 is 0 Å². The molecule has 0 atom stereocenters. The van der Waals surface area contributed by atoms with Crippen LogP contribution in [0.3, 0.4) is 0 Å². The number of benzene rings is 2. The summed E-state index contributed by atoms with van der Waals surface area (Å²) in [5.74, 6) is -1.77. The van der Waals surface area contributed by atoms with E-state index in [4.69, 9.17) is 0 Å². The van der Waals surface area contributed by atoms with Crippen LogP contribution < -0.4 is 5.32 Å². The van der Waals surface area contributed by atoms with E-state index in [2.05, 4.69) is 10.1 Å². The van der Waals surface area contributed by atoms with Crippen molar-refractivity contribution in [2.24, 2.45) is 0 Å². The first-order valence-corrected chi connectivity index (χ1v) is 7.72. The average Bonchev–Trinajstić information content (AvgIpc) is 3.00. The second-order valence-electron chi connectivity index (χ2n) is 5.62. The fourth-order valence-electron chi connectivity index (χ4n) is 2.65. The molecule has 0 aliphatic rings. The van der Waals surface area contributed by atoms with Crippen LogP contribution in [0.1, 0.15) is 32.4 Å². The molecule has 1 heterocycles. The van der Waals surface area contributed by atoms with Crippen molar-refractivity contribution < 1.29 is 23.5 Å². The van der Waals surface area contributed by atoms with Crippen LogP contribution in [0.2, 0.25) is 0 Å². The van der Waals surface area contributed by atoms with E-state index in [-0.39, 0.29) is 11.5 Å². The second kappa shape index (κ2) is 6.79. The van der Waals surface area contributed by atoms with Crippen LogP contribution in [0, 0.1) is 5.82 Å². The SMILES string of the molecule is COC(=O)c1ccc(NC(=O)c2cn(C(C)=O)c3ccc(F)cc23)cc1. The summed E-state index contributed by atoms with van der Waals surface area (Å²) in [7, 11) is 1.28. The van der Waals surface area contributed by atoms with Crippen molar-refractivity contribution in [3.63, 3.8) is 0 Å². The second-order valence-corrected chi connectivity index (χ2v) is 5.62. The Morgan fingerprint density at radius 3 is 2.38 bits per heavy atom. The number of methoxy groups -OCH3 is 1. The summed E-state index contributed by atoms with van der Waals surface area (Å²) in [6.45, 7) is 1.36. The van der Waals surface area contributed by atoms with Gasteiger partial charge in [-0.1, -0.05) is 0 Å². The normalized spacial score (nSPS) is 10.6. The van der Waals surface area contributed by atoms with Gasteiger partial charge >= 0.3 is 5.97 Å². The molecule has 1 amide bonds. The van der Waals surface area contributed by atoms with Gasteiger partial charge in [0.2, 0.25) is 5.91 Å². The van der Waals surface area contributed by atoms with Crippen molar-refractivity contribution >= 4 is 34.4 Å². The molecule has 0 bridgehead atoms. The maximum absolute atomic E-state index is 13.6. The van der Waals surface area contributed by atoms with Gasteiger partial charge < -0.3 is 10.1 Å². The zero-order chi connectivity index (χ0) is 18.8. The molecule has 7 heteroatoms. The standard InChI is InChI=1S/C19H15FN2O4/c1-11(23)22-10-16(15-9-13(20)5-8-17(15)22)18(24)21-14-6-3-12(4-7-14)19(25)26-2/h3-10H,1-2H3,(H,21,24). The molecule has 26 heavy (non-hydrogen) atoms. The molecule has 0 unspecified atom stereocenters. The third kappa shape index (κ3) is 3.19. The fraction of sp³-hybridized carbons (Fsp3) is 0.105. The topological polar surface area (TPSA) is 77.4 Å². The Labute approximate surface area is 148 Å². The number of halogens is 1. The first-order valence-electron chi connectivity index (χ1n) is 7.72. The number of carbonyl (C=O) groups excluding carboxylic acids is 3. The molecule has 2 aromatic carbocycles. The van der Waals surface area contributed by atoms with Crippen molar-refractivity contribution in [3.8, 4) is 0 Å². The Hall–Kier alpha value is -3.48. The average molecular weight is 354 g/mol. The number of nitrogens with one attached hydrogen (secondary N) is 1. The van der Waals surface area contributed by atoms with Crippen LogP contribution >= 0.6 is 0 Å². The Kier molecular flexibility index (Phi) is 4.53. The van der Waals surface area contributed by atoms with Gasteiger partial charge in [0, 0.05) is 24.2 Å². The number of carbonyl (C=O) groups is 3. The van der Waals surface area contributed by atoms with E-state index in [1.165, 1.54) is 55.1 Å². The van der Waals surface area contributed by atoms with Crippen molar-refractivity contribution in [2.45, 2.75) is 6.92 Å². The molecule has 0 spiro atoms. The molecule has 0 saturated heterocycles. The van der Waals surface area contributed by atoms with Gasteiger partial charge in [-0.15, -0.1) is 0 Å². The molecule has 0 aliphatic carbocycles. The Morgan fingerprint density at radius 1 is 1.08 bits per heavy atom. The molecular weight excluding hydrogens is 339 g/mol. The van der Waals surface area contributed by atoms with E-state index in [0.29, 0.717) is 22.2 Å². The molecule has 132 valence electrons. The summed E-state index contributed by atoms with van der Waals surface area (Å²) < 4.78 is 19.5. The lowest BCUT2D eigenvalue weighted by molar-refractivity contribution is 0.0600. The van der Waals surface area contributed by atoms with E-state index < -0.39 is 17.7 Å². The zero-order valence-electron chi connectivity index (χ0n) is 14.1. The van der Waals surface area contributed by atoms with Gasteiger partial charge in [0.05, 0.1) is 23.8 Å². The summed E-state index contributed by atoms with van der Waals surface area (Å²) in [5, 5.41) is 3.01. The van der Waals surface area contributed by atoms with Crippen LogP contribution in [0.4, 0.5) is 10.1 Å². The summed E-state index contributed by atoms with van der Waals surface area (Å²) in [6, 6.07) is 10.0. The van der Waals surface area contributed by atoms with Gasteiger partial charge in [-0.05, 0) is 42.5 Å². The number of esters is 1. The number of nitrogens with zero attached hydrogens (tertiary/aromatic N) is 1. The Morgan fingerprint density at radius 2 is 1.77 bits per heavy atom. The zero-order valence-corrected chi connectivity index (χ0v) is 14.1. The quantitative estimate of drug-likeness (QED) is 0.731. The Balaban J connectivity index is 1.94. The summed E-state index contributed by atoms with van der Waals surface area (Å²) in [6.07, 6.45) is 1.38. The van der Waals surface area contributed by atoms with Crippen molar-refractivity contribution in [2.75, 3.05) is 12.4 Å². The van der Waals surface area contributed by atoms with Gasteiger partial charge in [-0.3, -0.25) is 14.2 Å². The first-order chi connectivity index (χ1) is 12.4. The van der Waals surface area contributed by atoms with Crippen molar-refractivity contribution in [1.82, 2.24) is 4.57 Å². The number of hydrogen-bond donors (Lipinski definition) is 1. The molecule has 3 aromatic rings. The van der Waals surface area contributed by atoms with Crippen molar-refractivity contribution in [3.05, 3.63) is 65.6 Å². The van der Waals surface area contributed by atoms with Gasteiger partial charge in [0.1, 0.15) is 5.82 Å². The van der Waals surface area contributed by atoms with Gasteiger partial charge in [0.15, 0.2) is 0 Å². The molecule has 6 nitrogen and oxygen atoms in total. The van der Waals surface area contributed by atoms with E-state index in [1.54, 1.807) is 12.1 Å². The lowest BCUT2D eigenvalue weighted by Gasteiger charge is -2.05. The lowest BCUT2D eigenvalue weighted by atomic mass is 10.1. The maximum atomic E-state index is 13.6. The minimum absolute atomic E-state index is 0.173. The molecule has 1 N–H and O–H groups in total. The highest BCUT2D eigenvalue weighted by molar-refractivity contribution is 6.14. The smallest absolute Gasteiger partial charge is 0.337 e. The molecule has 0 fully saturated rings. The fourth-order valence-corrected chi connectivity index (χ4v) is 2.65. The molecular formula is C19H15FN2O4. The monoisotopic (exact) mass is 354 g/mol. The highest BCUT2D eigenvalue weighted by Gasteiger charge is 2.18. The summed E-state index contributed by atoms with van der Waals surface area (Å²) in [5.41, 5.74) is 1.42. The number of aromatic nitrogens is 1. The third-order valence-electron chi connectivity index (χ3n) is 3.91. The number of rotatable bonds is 3. The number of fused-ring (bicyclic) bond motifs is 1. The van der Waals surface area contributed by atoms with Crippen LogP contribution in [-0.4, -0.2) is 29.5 Å². The highest BCUT2D eigenvalue weighted by Crippen LogP contribution is 2.24. The Bertz CT molecular complexity index is 1020. The van der Waals surface area contributed by atoms with Crippen LogP contribution in [0.5, 0.6) is 0 Å². The molecule has 0 aliphatic heterocycles. The largest absolute Gasteiger partial charge is 0.465 e. The summed E-state index contributed by atoms with van der Waals surface area (Å²) in [4.78, 5) is 35.8. The third-order valence-corrected chi connectivity index (χ3v) is 3.91. The van der Waals surface area contributed by atoms with Gasteiger partial charge in [0.25, 0.3) is 5.91 Å². The van der Waals surface area contributed by atoms with Crippen LogP contribution in [-0.2, 0) is 4.74 Å². The van der Waals surface area contributed by atoms with E-state index in [0.717, 1.165) is 0 Å². The first kappa shape index (κ1) is 17.3. The molecule has 0 saturated carbocycles. The predicted molar refractivity (Wildman–Crippen MR) is 93.9 cm³/mol.